The van der Waals surface area contributed by atoms with E-state index in [1.165, 1.54) is 20.9 Å². The molecule has 266 valence electrons. The van der Waals surface area contributed by atoms with Gasteiger partial charge in [0.25, 0.3) is 0 Å². The number of fused-ring (bicyclic) bond motifs is 5. The Kier molecular flexibility index (Phi) is 14.6. The number of aryl methyl sites for hydroxylation is 1. The molecule has 4 bridgehead atoms. The highest BCUT2D eigenvalue weighted by Gasteiger charge is 2.19. The SMILES string of the molecule is COc1cc2nc(C)nc3c2cc1OCCOCCOCCOCCOCCNC(=O)CCNCC1=CCCC=C1c1ccc(s1)C(C)N3. The third-order valence-electron chi connectivity index (χ3n) is 8.03. The van der Waals surface area contributed by atoms with Crippen LogP contribution in [0.1, 0.15) is 47.8 Å². The molecule has 0 spiro atoms. The third kappa shape index (κ3) is 11.2. The van der Waals surface area contributed by atoms with E-state index >= 15 is 0 Å². The van der Waals surface area contributed by atoms with Crippen molar-refractivity contribution in [1.29, 1.82) is 0 Å². The van der Waals surface area contributed by atoms with E-state index < -0.39 is 0 Å². The third-order valence-corrected chi connectivity index (χ3v) is 9.33. The number of allylic oxidation sites excluding steroid dienone is 2. The summed E-state index contributed by atoms with van der Waals surface area (Å²) in [6.07, 6.45) is 7.06. The highest BCUT2D eigenvalue weighted by atomic mass is 32.1. The first-order valence-electron chi connectivity index (χ1n) is 17.1. The first-order valence-corrected chi connectivity index (χ1v) is 17.9. The number of benzene rings is 1. The van der Waals surface area contributed by atoms with E-state index in [-0.39, 0.29) is 11.9 Å². The first kappa shape index (κ1) is 36.7. The van der Waals surface area contributed by atoms with Gasteiger partial charge in [0.15, 0.2) is 11.5 Å². The van der Waals surface area contributed by atoms with Crippen molar-refractivity contribution in [2.75, 3.05) is 91.5 Å². The molecule has 0 fully saturated rings. The molecule has 3 N–H and O–H groups in total. The number of aromatic nitrogens is 2. The highest BCUT2D eigenvalue weighted by Crippen LogP contribution is 2.38. The van der Waals surface area contributed by atoms with Crippen molar-refractivity contribution in [3.8, 4) is 11.5 Å². The molecular weight excluding hydrogens is 646 g/mol. The Balaban J connectivity index is 1.28. The summed E-state index contributed by atoms with van der Waals surface area (Å²) in [5.74, 6) is 2.60. The molecule has 0 saturated carbocycles. The summed E-state index contributed by atoms with van der Waals surface area (Å²) in [5.41, 5.74) is 3.29. The Morgan fingerprint density at radius 3 is 2.35 bits per heavy atom. The van der Waals surface area contributed by atoms with E-state index in [1.54, 1.807) is 18.4 Å². The van der Waals surface area contributed by atoms with Crippen LogP contribution in [0.2, 0.25) is 0 Å². The molecular formula is C36H49N5O7S. The number of hydrogen-bond donors (Lipinski definition) is 3. The Labute approximate surface area is 292 Å². The molecule has 13 heteroatoms. The second-order valence-corrected chi connectivity index (χ2v) is 12.8. The van der Waals surface area contributed by atoms with Gasteiger partial charge in [-0.15, -0.1) is 11.3 Å². The number of nitrogens with one attached hydrogen (secondary N) is 3. The highest BCUT2D eigenvalue weighted by molar-refractivity contribution is 7.13. The zero-order valence-electron chi connectivity index (χ0n) is 28.8. The lowest BCUT2D eigenvalue weighted by Crippen LogP contribution is -2.31. The Morgan fingerprint density at radius 1 is 0.878 bits per heavy atom. The van der Waals surface area contributed by atoms with Crippen LogP contribution in [-0.4, -0.2) is 102 Å². The van der Waals surface area contributed by atoms with Gasteiger partial charge in [-0.1, -0.05) is 12.2 Å². The summed E-state index contributed by atoms with van der Waals surface area (Å²) in [7, 11) is 1.62. The molecule has 0 saturated heterocycles. The molecule has 1 amide bonds. The van der Waals surface area contributed by atoms with Crippen LogP contribution in [-0.2, 0) is 23.7 Å². The summed E-state index contributed by atoms with van der Waals surface area (Å²) >= 11 is 1.78. The molecule has 12 nitrogen and oxygen atoms in total. The average Bonchev–Trinajstić information content (AvgIpc) is 3.60. The van der Waals surface area contributed by atoms with Crippen LogP contribution in [0.5, 0.6) is 11.5 Å². The monoisotopic (exact) mass is 695 g/mol. The van der Waals surface area contributed by atoms with Crippen LogP contribution in [0.15, 0.2) is 42.0 Å². The Bertz CT molecular complexity index is 1580. The molecule has 2 aromatic heterocycles. The van der Waals surface area contributed by atoms with Crippen LogP contribution >= 0.6 is 11.3 Å². The van der Waals surface area contributed by atoms with E-state index in [1.807, 2.05) is 19.1 Å². The van der Waals surface area contributed by atoms with Crippen molar-refractivity contribution in [2.24, 2.45) is 0 Å². The quantitative estimate of drug-likeness (QED) is 0.323. The normalized spacial score (nSPS) is 20.3. The van der Waals surface area contributed by atoms with Crippen LogP contribution in [0.4, 0.5) is 5.82 Å². The Morgan fingerprint density at radius 2 is 1.59 bits per heavy atom. The van der Waals surface area contributed by atoms with Crippen molar-refractivity contribution < 1.29 is 33.2 Å². The maximum Gasteiger partial charge on any atom is 0.221 e. The number of carbonyl (C=O) groups excluding carboxylic acids is 1. The van der Waals surface area contributed by atoms with Gasteiger partial charge in [-0.2, -0.15) is 0 Å². The van der Waals surface area contributed by atoms with E-state index in [0.717, 1.165) is 29.6 Å². The van der Waals surface area contributed by atoms with E-state index in [4.69, 9.17) is 33.4 Å². The largest absolute Gasteiger partial charge is 0.493 e. The summed E-state index contributed by atoms with van der Waals surface area (Å²) < 4.78 is 34.1. The number of thiophene rings is 1. The van der Waals surface area contributed by atoms with Crippen LogP contribution in [0.25, 0.3) is 16.5 Å². The van der Waals surface area contributed by atoms with Gasteiger partial charge in [0.1, 0.15) is 18.2 Å². The second kappa shape index (κ2) is 19.6. The van der Waals surface area contributed by atoms with Gasteiger partial charge in [-0.25, -0.2) is 9.97 Å². The summed E-state index contributed by atoms with van der Waals surface area (Å²) in [4.78, 5) is 24.2. The first-order chi connectivity index (χ1) is 24.0. The Hall–Kier alpha value is -3.59. The summed E-state index contributed by atoms with van der Waals surface area (Å²) in [5, 5.41) is 10.9. The van der Waals surface area contributed by atoms with Gasteiger partial charge < -0.3 is 44.4 Å². The lowest BCUT2D eigenvalue weighted by Gasteiger charge is -2.18. The molecule has 1 unspecified atom stereocenters. The van der Waals surface area contributed by atoms with Crippen molar-refractivity contribution >= 4 is 39.5 Å². The number of hydrogen-bond acceptors (Lipinski definition) is 12. The topological polar surface area (TPSA) is 134 Å². The average molecular weight is 696 g/mol. The van der Waals surface area contributed by atoms with E-state index in [2.05, 4.69) is 52.1 Å². The van der Waals surface area contributed by atoms with Crippen molar-refractivity contribution in [2.45, 2.75) is 39.2 Å². The van der Waals surface area contributed by atoms with Crippen LogP contribution < -0.4 is 25.4 Å². The van der Waals surface area contributed by atoms with Crippen LogP contribution in [0, 0.1) is 6.92 Å². The zero-order chi connectivity index (χ0) is 34.3. The predicted molar refractivity (Wildman–Crippen MR) is 192 cm³/mol. The fourth-order valence-electron chi connectivity index (χ4n) is 5.54. The molecule has 1 aliphatic heterocycles. The van der Waals surface area contributed by atoms with Gasteiger partial charge in [0.05, 0.1) is 71.5 Å². The van der Waals surface area contributed by atoms with Gasteiger partial charge in [-0.3, -0.25) is 4.79 Å². The molecule has 3 heterocycles. The molecule has 49 heavy (non-hydrogen) atoms. The molecule has 1 atom stereocenters. The number of amides is 1. The smallest absolute Gasteiger partial charge is 0.221 e. The lowest BCUT2D eigenvalue weighted by atomic mass is 9.96. The molecule has 5 rings (SSSR count). The predicted octanol–water partition coefficient (Wildman–Crippen LogP) is 4.84. The van der Waals surface area contributed by atoms with Crippen molar-refractivity contribution in [3.05, 3.63) is 57.6 Å². The number of carbonyl (C=O) groups is 1. The summed E-state index contributed by atoms with van der Waals surface area (Å²) in [6, 6.07) is 8.20. The second-order valence-electron chi connectivity index (χ2n) is 11.7. The van der Waals surface area contributed by atoms with E-state index in [0.29, 0.717) is 103 Å². The minimum absolute atomic E-state index is 0.00225. The number of methoxy groups -OCH3 is 1. The number of rotatable bonds is 1. The molecule has 1 aromatic carbocycles. The minimum Gasteiger partial charge on any atom is -0.493 e. The number of nitrogens with zero attached hydrogens (tertiary/aromatic N) is 2. The maximum atomic E-state index is 12.3. The molecule has 0 radical (unpaired) electrons. The van der Waals surface area contributed by atoms with Crippen molar-refractivity contribution in [1.82, 2.24) is 20.6 Å². The lowest BCUT2D eigenvalue weighted by molar-refractivity contribution is -0.121. The van der Waals surface area contributed by atoms with Crippen molar-refractivity contribution in [3.63, 3.8) is 0 Å². The van der Waals surface area contributed by atoms with E-state index in [9.17, 15) is 4.79 Å². The minimum atomic E-state index is -0.00225. The van der Waals surface area contributed by atoms with Gasteiger partial charge >= 0.3 is 0 Å². The van der Waals surface area contributed by atoms with Gasteiger partial charge in [-0.05, 0) is 56.0 Å². The molecule has 3 aromatic rings. The number of anilines is 1. The van der Waals surface area contributed by atoms with Crippen LogP contribution in [0.3, 0.4) is 0 Å². The maximum absolute atomic E-state index is 12.3. The number of ether oxygens (including phenoxy) is 6. The summed E-state index contributed by atoms with van der Waals surface area (Å²) in [6.45, 7) is 9.77. The molecule has 1 aliphatic carbocycles. The van der Waals surface area contributed by atoms with Gasteiger partial charge in [0, 0.05) is 47.3 Å². The zero-order valence-corrected chi connectivity index (χ0v) is 29.6. The molecule has 2 aliphatic rings. The fraction of sp³-hybridized carbons (Fsp3) is 0.528. The fourth-order valence-corrected chi connectivity index (χ4v) is 6.63. The van der Waals surface area contributed by atoms with Gasteiger partial charge in [0.2, 0.25) is 5.91 Å². The standard InChI is InChI=1S/C36H49N5O7S/c1-25-33-8-9-34(49-33)28-7-5-4-6-27(28)24-37-11-10-35(42)38-12-13-44-14-15-45-16-17-46-18-19-47-20-21-48-32-22-29-30(23-31(32)43-3)40-26(2)41-36(29)39-25/h6-9,22-23,25,37H,4-5,10-21,24H2,1-3H3,(H,38,42)(H,39,40,41).